The molecule has 0 saturated carbocycles. The average molecular weight is 912 g/mol. The van der Waals surface area contributed by atoms with Gasteiger partial charge in [0.15, 0.2) is 0 Å². The first-order valence-electron chi connectivity index (χ1n) is 18.8. The molecule has 1 N–H and O–H groups in total. The second-order valence-electron chi connectivity index (χ2n) is 16.4. The number of hydrogen-bond acceptors (Lipinski definition) is 4. The van der Waals surface area contributed by atoms with Crippen molar-refractivity contribution >= 4 is 33.0 Å². The van der Waals surface area contributed by atoms with Gasteiger partial charge in [-0.3, -0.25) is 9.55 Å². The molecule has 280 valence electrons. The van der Waals surface area contributed by atoms with Gasteiger partial charge in [-0.05, 0) is 58.4 Å². The topological polar surface area (TPSA) is 64.1 Å². The zero-order valence-electron chi connectivity index (χ0n) is 32.3. The molecule has 0 aliphatic heterocycles. The Morgan fingerprint density at radius 3 is 2.05 bits per heavy atom. The van der Waals surface area contributed by atoms with Crippen LogP contribution in [-0.4, -0.2) is 19.6 Å². The van der Waals surface area contributed by atoms with Crippen LogP contribution in [0.25, 0.3) is 83.6 Å². The Kier molecular flexibility index (Phi) is 9.33. The number of pyridine rings is 1. The van der Waals surface area contributed by atoms with E-state index in [1.807, 2.05) is 54.7 Å². The molecule has 0 spiro atoms. The van der Waals surface area contributed by atoms with E-state index in [9.17, 15) is 5.11 Å². The van der Waals surface area contributed by atoms with Gasteiger partial charge in [0.05, 0.1) is 16.6 Å². The quantitative estimate of drug-likeness (QED) is 0.175. The minimum atomic E-state index is -0.294. The van der Waals surface area contributed by atoms with Crippen molar-refractivity contribution in [3.05, 3.63) is 157 Å². The van der Waals surface area contributed by atoms with E-state index in [-0.39, 0.29) is 37.6 Å². The van der Waals surface area contributed by atoms with Crippen LogP contribution in [0.3, 0.4) is 0 Å². The van der Waals surface area contributed by atoms with Crippen molar-refractivity contribution < 1.29 is 30.6 Å². The zero-order chi connectivity index (χ0) is 38.1. The number of aromatic nitrogens is 3. The maximum absolute atomic E-state index is 12.1. The fourth-order valence-corrected chi connectivity index (χ4v) is 7.56. The van der Waals surface area contributed by atoms with E-state index < -0.39 is 0 Å². The van der Waals surface area contributed by atoms with Gasteiger partial charge in [0.2, 0.25) is 0 Å². The molecular formula is C50H42N3O2Pt-. The van der Waals surface area contributed by atoms with Gasteiger partial charge in [-0.1, -0.05) is 143 Å². The molecule has 3 heterocycles. The monoisotopic (exact) mass is 911 g/mol. The summed E-state index contributed by atoms with van der Waals surface area (Å²) in [6.07, 6.45) is 1.90. The summed E-state index contributed by atoms with van der Waals surface area (Å²) in [4.78, 5) is 10.4. The smallest absolute Gasteiger partial charge is 0.148 e. The third kappa shape index (κ3) is 6.54. The summed E-state index contributed by atoms with van der Waals surface area (Å²) in [6.45, 7) is 13.1. The second kappa shape index (κ2) is 14.1. The third-order valence-electron chi connectivity index (χ3n) is 10.5. The van der Waals surface area contributed by atoms with Gasteiger partial charge in [0, 0.05) is 55.0 Å². The van der Waals surface area contributed by atoms with Crippen LogP contribution >= 0.6 is 0 Å². The van der Waals surface area contributed by atoms with Gasteiger partial charge in [-0.2, -0.15) is 0 Å². The van der Waals surface area contributed by atoms with Crippen molar-refractivity contribution in [1.29, 1.82) is 0 Å². The average Bonchev–Trinajstić information content (AvgIpc) is 3.76. The molecule has 6 heteroatoms. The molecule has 0 aliphatic carbocycles. The van der Waals surface area contributed by atoms with Gasteiger partial charge < -0.3 is 9.52 Å². The largest absolute Gasteiger partial charge is 0.507 e. The summed E-state index contributed by atoms with van der Waals surface area (Å²) in [5.74, 6) is 0.931. The van der Waals surface area contributed by atoms with Crippen LogP contribution in [0.1, 0.15) is 52.7 Å². The van der Waals surface area contributed by atoms with Crippen LogP contribution in [0.5, 0.6) is 5.75 Å². The van der Waals surface area contributed by atoms with Crippen LogP contribution in [-0.2, 0) is 31.9 Å². The molecule has 0 fully saturated rings. The molecule has 5 nitrogen and oxygen atoms in total. The van der Waals surface area contributed by atoms with Gasteiger partial charge in [0.1, 0.15) is 22.7 Å². The van der Waals surface area contributed by atoms with E-state index in [0.717, 1.165) is 83.3 Å². The van der Waals surface area contributed by atoms with Gasteiger partial charge in [-0.15, -0.1) is 23.8 Å². The minimum absolute atomic E-state index is 0. The number of phenols is 1. The predicted molar refractivity (Wildman–Crippen MR) is 226 cm³/mol. The van der Waals surface area contributed by atoms with Crippen LogP contribution in [0.2, 0.25) is 0 Å². The van der Waals surface area contributed by atoms with E-state index in [1.54, 1.807) is 0 Å². The predicted octanol–water partition coefficient (Wildman–Crippen LogP) is 13.1. The Morgan fingerprint density at radius 2 is 1.32 bits per heavy atom. The molecule has 0 saturated heterocycles. The number of para-hydroxylation sites is 3. The maximum atomic E-state index is 12.1. The zero-order valence-corrected chi connectivity index (χ0v) is 34.6. The Labute approximate surface area is 342 Å². The van der Waals surface area contributed by atoms with Crippen molar-refractivity contribution in [2.75, 3.05) is 0 Å². The Morgan fingerprint density at radius 1 is 0.625 bits per heavy atom. The van der Waals surface area contributed by atoms with Crippen LogP contribution in [0.15, 0.2) is 144 Å². The first-order chi connectivity index (χ1) is 26.4. The van der Waals surface area contributed by atoms with Crippen molar-refractivity contribution in [2.45, 2.75) is 52.4 Å². The molecule has 0 atom stereocenters. The fraction of sp³-hybridized carbons (Fsp3) is 0.160. The molecule has 0 unspecified atom stereocenters. The van der Waals surface area contributed by atoms with Crippen LogP contribution in [0.4, 0.5) is 0 Å². The summed E-state index contributed by atoms with van der Waals surface area (Å²) in [7, 11) is 0. The number of benzene rings is 6. The fourth-order valence-electron chi connectivity index (χ4n) is 7.56. The molecule has 3 aromatic heterocycles. The number of nitrogens with zero attached hydrogens (tertiary/aromatic N) is 3. The molecule has 0 aliphatic rings. The second-order valence-corrected chi connectivity index (χ2v) is 16.4. The molecule has 9 aromatic rings. The Balaban J connectivity index is 0.00000441. The first kappa shape index (κ1) is 37.2. The number of furan rings is 1. The Bertz CT molecular complexity index is 2890. The van der Waals surface area contributed by atoms with Crippen molar-refractivity contribution in [2.24, 2.45) is 0 Å². The SMILES string of the molecule is CC(C)(C)c1cc(-c2nc3c(-c4[c-]c(-c5cc6oc7ccccc7c6cn5)cc(-c5ccccc5)c4)cccc3n2-c2ccccc2)c(O)c(C(C)(C)C)c1.[Pt]. The van der Waals surface area contributed by atoms with Crippen LogP contribution in [0, 0.1) is 6.07 Å². The minimum Gasteiger partial charge on any atom is -0.507 e. The van der Waals surface area contributed by atoms with Crippen molar-refractivity contribution in [1.82, 2.24) is 14.5 Å². The Hall–Kier alpha value is -5.77. The van der Waals surface area contributed by atoms with Gasteiger partial charge in [0.25, 0.3) is 0 Å². The summed E-state index contributed by atoms with van der Waals surface area (Å²) in [5.41, 5.74) is 12.2. The van der Waals surface area contributed by atoms with Gasteiger partial charge in [-0.25, -0.2) is 4.98 Å². The van der Waals surface area contributed by atoms with E-state index in [0.29, 0.717) is 11.4 Å². The number of imidazole rings is 1. The normalized spacial score (nSPS) is 12.0. The van der Waals surface area contributed by atoms with Crippen molar-refractivity contribution in [3.8, 4) is 56.3 Å². The molecule has 9 rings (SSSR count). The number of hydrogen-bond donors (Lipinski definition) is 1. The standard InChI is InChI=1S/C50H42N3O2.Pt/c1-49(2,3)35-27-39(47(54)41(28-35)50(4,5)6)48-52-46-37(21-15-22-43(46)53(48)36-18-11-8-12-19-36)33-24-32(31-16-9-7-10-17-31)25-34(26-33)42-29-45-40(30-51-42)38-20-13-14-23-44(38)55-45;/h7-25,27-30,54H,1-6H3;/q-1;. The summed E-state index contributed by atoms with van der Waals surface area (Å²) < 4.78 is 8.46. The van der Waals surface area contributed by atoms with E-state index in [2.05, 4.69) is 137 Å². The van der Waals surface area contributed by atoms with E-state index >= 15 is 0 Å². The molecule has 56 heavy (non-hydrogen) atoms. The third-order valence-corrected chi connectivity index (χ3v) is 10.5. The molecule has 6 aromatic carbocycles. The van der Waals surface area contributed by atoms with Gasteiger partial charge >= 0.3 is 0 Å². The summed E-state index contributed by atoms with van der Waals surface area (Å²) in [5, 5.41) is 14.2. The summed E-state index contributed by atoms with van der Waals surface area (Å²) in [6, 6.07) is 49.4. The molecule has 0 radical (unpaired) electrons. The summed E-state index contributed by atoms with van der Waals surface area (Å²) >= 11 is 0. The van der Waals surface area contributed by atoms with Crippen molar-refractivity contribution in [3.63, 3.8) is 0 Å². The van der Waals surface area contributed by atoms with E-state index in [4.69, 9.17) is 14.4 Å². The number of fused-ring (bicyclic) bond motifs is 4. The molecule has 0 bridgehead atoms. The number of phenolic OH excluding ortho intramolecular Hbond substituents is 1. The molecule has 0 amide bonds. The van der Waals surface area contributed by atoms with Crippen LogP contribution < -0.4 is 0 Å². The molecular weight excluding hydrogens is 870 g/mol. The number of rotatable bonds is 5. The first-order valence-corrected chi connectivity index (χ1v) is 18.8. The van der Waals surface area contributed by atoms with E-state index in [1.165, 1.54) is 0 Å². The maximum Gasteiger partial charge on any atom is 0.148 e. The number of aromatic hydroxyl groups is 1.